The normalized spacial score (nSPS) is 10.3. The van der Waals surface area contributed by atoms with Crippen LogP contribution in [-0.2, 0) is 0 Å². The zero-order valence-corrected chi connectivity index (χ0v) is 15.3. The molecule has 8 heteroatoms. The molecule has 1 N–H and O–H groups in total. The molecule has 0 saturated heterocycles. The number of rotatable bonds is 6. The Morgan fingerprint density at radius 1 is 1.04 bits per heavy atom. The molecule has 3 rings (SSSR count). The third-order valence-electron chi connectivity index (χ3n) is 3.64. The van der Waals surface area contributed by atoms with Gasteiger partial charge in [0.15, 0.2) is 5.13 Å². The number of carbonyl (C=O) groups is 1. The van der Waals surface area contributed by atoms with Gasteiger partial charge in [0.05, 0.1) is 32.6 Å². The molecule has 0 spiro atoms. The van der Waals surface area contributed by atoms with Crippen LogP contribution in [0.5, 0.6) is 17.2 Å². The number of hydrogen-bond donors (Lipinski definition) is 1. The second-order valence-corrected chi connectivity index (χ2v) is 5.99. The van der Waals surface area contributed by atoms with Gasteiger partial charge in [-0.25, -0.2) is 4.98 Å². The molecular formula is C18H17N3O4S. The van der Waals surface area contributed by atoms with Crippen LogP contribution in [0.1, 0.15) is 10.4 Å². The van der Waals surface area contributed by atoms with Crippen molar-refractivity contribution in [3.05, 3.63) is 47.6 Å². The molecule has 0 aliphatic carbocycles. The molecule has 134 valence electrons. The number of amides is 1. The van der Waals surface area contributed by atoms with Gasteiger partial charge in [0.1, 0.15) is 17.2 Å². The molecule has 1 amide bonds. The van der Waals surface area contributed by atoms with Crippen molar-refractivity contribution in [1.82, 2.24) is 9.97 Å². The molecule has 0 saturated carbocycles. The monoisotopic (exact) mass is 371 g/mol. The quantitative estimate of drug-likeness (QED) is 0.714. The van der Waals surface area contributed by atoms with E-state index >= 15 is 0 Å². The van der Waals surface area contributed by atoms with E-state index in [1.54, 1.807) is 58.0 Å². The number of ether oxygens (including phenoxy) is 3. The van der Waals surface area contributed by atoms with E-state index in [0.717, 1.165) is 0 Å². The highest BCUT2D eigenvalue weighted by molar-refractivity contribution is 7.14. The maximum absolute atomic E-state index is 12.3. The van der Waals surface area contributed by atoms with Gasteiger partial charge in [0.2, 0.25) is 0 Å². The SMILES string of the molecule is COc1cc(OC)c(-c2csc(NC(=O)c3ccncc3)n2)c(OC)c1. The number of aromatic nitrogens is 2. The van der Waals surface area contributed by atoms with Crippen LogP contribution in [0.2, 0.25) is 0 Å². The Hall–Kier alpha value is -3.13. The summed E-state index contributed by atoms with van der Waals surface area (Å²) < 4.78 is 16.2. The summed E-state index contributed by atoms with van der Waals surface area (Å²) in [6, 6.07) is 6.79. The van der Waals surface area contributed by atoms with Gasteiger partial charge in [-0.2, -0.15) is 0 Å². The molecule has 0 unspecified atom stereocenters. The highest BCUT2D eigenvalue weighted by Crippen LogP contribution is 2.42. The first-order chi connectivity index (χ1) is 12.7. The fraction of sp³-hybridized carbons (Fsp3) is 0.167. The van der Waals surface area contributed by atoms with E-state index in [-0.39, 0.29) is 5.91 Å². The third-order valence-corrected chi connectivity index (χ3v) is 4.40. The van der Waals surface area contributed by atoms with Crippen LogP contribution in [0.3, 0.4) is 0 Å². The predicted octanol–water partition coefficient (Wildman–Crippen LogP) is 3.48. The largest absolute Gasteiger partial charge is 0.496 e. The number of thiazole rings is 1. The Bertz CT molecular complexity index is 887. The molecule has 2 heterocycles. The van der Waals surface area contributed by atoms with E-state index in [2.05, 4.69) is 15.3 Å². The summed E-state index contributed by atoms with van der Waals surface area (Å²) in [5, 5.41) is 5.08. The van der Waals surface area contributed by atoms with Gasteiger partial charge in [-0.15, -0.1) is 11.3 Å². The number of hydrogen-bond acceptors (Lipinski definition) is 7. The molecule has 0 bridgehead atoms. The number of carbonyl (C=O) groups excluding carboxylic acids is 1. The van der Waals surface area contributed by atoms with E-state index in [9.17, 15) is 4.79 Å². The molecule has 26 heavy (non-hydrogen) atoms. The van der Waals surface area contributed by atoms with Gasteiger partial charge in [-0.05, 0) is 12.1 Å². The van der Waals surface area contributed by atoms with E-state index in [1.807, 2.05) is 5.38 Å². The molecule has 0 aliphatic rings. The highest BCUT2D eigenvalue weighted by Gasteiger charge is 2.18. The summed E-state index contributed by atoms with van der Waals surface area (Å²) in [6.45, 7) is 0. The molecule has 7 nitrogen and oxygen atoms in total. The van der Waals surface area contributed by atoms with Crippen molar-refractivity contribution < 1.29 is 19.0 Å². The standard InChI is InChI=1S/C18H17N3O4S/c1-23-12-8-14(24-2)16(15(9-12)25-3)13-10-26-18(20-13)21-17(22)11-4-6-19-7-5-11/h4-10H,1-3H3,(H,20,21,22). The Balaban J connectivity index is 1.91. The second kappa shape index (κ2) is 7.83. The van der Waals surface area contributed by atoms with Crippen LogP contribution in [-0.4, -0.2) is 37.2 Å². The van der Waals surface area contributed by atoms with Gasteiger partial charge in [-0.1, -0.05) is 0 Å². The fourth-order valence-electron chi connectivity index (χ4n) is 2.38. The van der Waals surface area contributed by atoms with E-state index in [1.165, 1.54) is 11.3 Å². The van der Waals surface area contributed by atoms with Crippen molar-refractivity contribution >= 4 is 22.4 Å². The lowest BCUT2D eigenvalue weighted by Crippen LogP contribution is -2.11. The van der Waals surface area contributed by atoms with Crippen molar-refractivity contribution in [3.8, 4) is 28.5 Å². The smallest absolute Gasteiger partial charge is 0.257 e. The average molecular weight is 371 g/mol. The Morgan fingerprint density at radius 2 is 1.69 bits per heavy atom. The Kier molecular flexibility index (Phi) is 5.33. The van der Waals surface area contributed by atoms with E-state index in [4.69, 9.17) is 14.2 Å². The van der Waals surface area contributed by atoms with Gasteiger partial charge < -0.3 is 14.2 Å². The minimum absolute atomic E-state index is 0.248. The maximum atomic E-state index is 12.3. The summed E-state index contributed by atoms with van der Waals surface area (Å²) >= 11 is 1.31. The van der Waals surface area contributed by atoms with Crippen LogP contribution in [0.15, 0.2) is 42.0 Å². The first-order valence-electron chi connectivity index (χ1n) is 7.63. The van der Waals surface area contributed by atoms with E-state index < -0.39 is 0 Å². The third kappa shape index (κ3) is 3.60. The van der Waals surface area contributed by atoms with Crippen molar-refractivity contribution in [1.29, 1.82) is 0 Å². The topological polar surface area (TPSA) is 82.6 Å². The minimum atomic E-state index is -0.248. The van der Waals surface area contributed by atoms with E-state index in [0.29, 0.717) is 39.2 Å². The number of nitrogens with one attached hydrogen (secondary N) is 1. The van der Waals surface area contributed by atoms with Gasteiger partial charge in [-0.3, -0.25) is 15.1 Å². The fourth-order valence-corrected chi connectivity index (χ4v) is 3.07. The lowest BCUT2D eigenvalue weighted by Gasteiger charge is -2.13. The summed E-state index contributed by atoms with van der Waals surface area (Å²) in [7, 11) is 4.70. The number of pyridine rings is 1. The summed E-state index contributed by atoms with van der Waals surface area (Å²) in [5.41, 5.74) is 1.84. The average Bonchev–Trinajstić information content (AvgIpc) is 3.15. The highest BCUT2D eigenvalue weighted by atomic mass is 32.1. The van der Waals surface area contributed by atoms with Crippen LogP contribution in [0, 0.1) is 0 Å². The molecule has 2 aromatic heterocycles. The molecule has 0 atom stereocenters. The van der Waals surface area contributed by atoms with Crippen molar-refractivity contribution in [3.63, 3.8) is 0 Å². The van der Waals surface area contributed by atoms with Gasteiger partial charge in [0.25, 0.3) is 5.91 Å². The maximum Gasteiger partial charge on any atom is 0.257 e. The number of anilines is 1. The van der Waals surface area contributed by atoms with Gasteiger partial charge >= 0.3 is 0 Å². The predicted molar refractivity (Wildman–Crippen MR) is 99.4 cm³/mol. The zero-order chi connectivity index (χ0) is 18.5. The minimum Gasteiger partial charge on any atom is -0.496 e. The van der Waals surface area contributed by atoms with Crippen molar-refractivity contribution in [2.45, 2.75) is 0 Å². The second-order valence-electron chi connectivity index (χ2n) is 5.13. The van der Waals surface area contributed by atoms with Crippen LogP contribution in [0.4, 0.5) is 5.13 Å². The van der Waals surface area contributed by atoms with Crippen molar-refractivity contribution in [2.24, 2.45) is 0 Å². The molecule has 0 radical (unpaired) electrons. The molecule has 3 aromatic rings. The first kappa shape index (κ1) is 17.7. The molecule has 1 aromatic carbocycles. The van der Waals surface area contributed by atoms with Crippen LogP contribution < -0.4 is 19.5 Å². The summed E-state index contributed by atoms with van der Waals surface area (Å²) in [6.07, 6.45) is 3.13. The number of methoxy groups -OCH3 is 3. The van der Waals surface area contributed by atoms with Crippen LogP contribution >= 0.6 is 11.3 Å². The molecule has 0 fully saturated rings. The first-order valence-corrected chi connectivity index (χ1v) is 8.51. The van der Waals surface area contributed by atoms with Crippen LogP contribution in [0.25, 0.3) is 11.3 Å². The lowest BCUT2D eigenvalue weighted by molar-refractivity contribution is 0.102. The Labute approximate surface area is 154 Å². The Morgan fingerprint density at radius 3 is 2.27 bits per heavy atom. The summed E-state index contributed by atoms with van der Waals surface area (Å²) in [5.74, 6) is 1.50. The van der Waals surface area contributed by atoms with Gasteiger partial charge in [0, 0.05) is 35.5 Å². The molecule has 0 aliphatic heterocycles. The number of benzene rings is 1. The van der Waals surface area contributed by atoms with Crippen molar-refractivity contribution in [2.75, 3.05) is 26.6 Å². The summed E-state index contributed by atoms with van der Waals surface area (Å²) in [4.78, 5) is 20.6. The lowest BCUT2D eigenvalue weighted by atomic mass is 10.1. The number of nitrogens with zero attached hydrogens (tertiary/aromatic N) is 2. The zero-order valence-electron chi connectivity index (χ0n) is 14.5. The molecular weight excluding hydrogens is 354 g/mol.